The lowest BCUT2D eigenvalue weighted by molar-refractivity contribution is 0.0831. The van der Waals surface area contributed by atoms with Crippen molar-refractivity contribution in [3.05, 3.63) is 63.9 Å². The number of nitrogens with zero attached hydrogens (tertiary/aromatic N) is 1. The number of Topliss-reactive ketones (excluding diaryl/α,β-unsaturated/α-hetero) is 1. The van der Waals surface area contributed by atoms with Crippen molar-refractivity contribution < 1.29 is 14.3 Å². The Labute approximate surface area is 173 Å². The minimum atomic E-state index is -0.0470. The van der Waals surface area contributed by atoms with Gasteiger partial charge in [-0.3, -0.25) is 9.69 Å². The van der Waals surface area contributed by atoms with Gasteiger partial charge in [0, 0.05) is 13.1 Å². The van der Waals surface area contributed by atoms with Crippen LogP contribution < -0.4 is 9.47 Å². The molecule has 4 rings (SSSR count). The summed E-state index contributed by atoms with van der Waals surface area (Å²) in [7, 11) is 0. The lowest BCUT2D eigenvalue weighted by Gasteiger charge is -2.31. The number of allylic oxidation sites excluding steroid dienone is 1. The molecule has 4 heteroatoms. The summed E-state index contributed by atoms with van der Waals surface area (Å²) in [6.45, 7) is 12.9. The molecule has 2 aromatic carbocycles. The number of fused-ring (bicyclic) bond motifs is 3. The quantitative estimate of drug-likeness (QED) is 0.641. The summed E-state index contributed by atoms with van der Waals surface area (Å²) in [6, 6.07) is 10.3. The molecule has 4 nitrogen and oxygen atoms in total. The minimum absolute atomic E-state index is 0.0470. The number of hydrogen-bond acceptors (Lipinski definition) is 4. The number of ether oxygens (including phenoxy) is 2. The standard InChI is InChI=1S/C25H29NO3/c1-15(2)12-26-13-20-21(28-14-26)10-17(5)23-24(27)22(29-25(20)23)11-18-6-8-19(9-7-18)16(3)4/h6-11,15-16H,12-14H2,1-5H3/b22-11-. The second kappa shape index (κ2) is 7.68. The lowest BCUT2D eigenvalue weighted by Crippen LogP contribution is -2.35. The third kappa shape index (κ3) is 3.82. The molecule has 0 aliphatic carbocycles. The molecule has 0 aromatic heterocycles. The Bertz CT molecular complexity index is 971. The van der Waals surface area contributed by atoms with E-state index in [1.54, 1.807) is 0 Å². The lowest BCUT2D eigenvalue weighted by atomic mass is 9.98. The third-order valence-electron chi connectivity index (χ3n) is 5.51. The Kier molecular flexibility index (Phi) is 5.22. The summed E-state index contributed by atoms with van der Waals surface area (Å²) < 4.78 is 12.1. The van der Waals surface area contributed by atoms with E-state index >= 15 is 0 Å². The number of hydrogen-bond donors (Lipinski definition) is 0. The first-order chi connectivity index (χ1) is 13.8. The van der Waals surface area contributed by atoms with Crippen molar-refractivity contribution >= 4 is 11.9 Å². The normalized spacial score (nSPS) is 17.5. The van der Waals surface area contributed by atoms with Gasteiger partial charge in [-0.05, 0) is 47.6 Å². The van der Waals surface area contributed by atoms with Gasteiger partial charge < -0.3 is 9.47 Å². The van der Waals surface area contributed by atoms with Crippen LogP contribution >= 0.6 is 0 Å². The van der Waals surface area contributed by atoms with Crippen molar-refractivity contribution in [2.75, 3.05) is 13.3 Å². The van der Waals surface area contributed by atoms with Gasteiger partial charge >= 0.3 is 0 Å². The Morgan fingerprint density at radius 3 is 2.52 bits per heavy atom. The molecule has 2 aliphatic rings. The maximum Gasteiger partial charge on any atom is 0.232 e. The molecule has 2 heterocycles. The van der Waals surface area contributed by atoms with Crippen LogP contribution in [-0.2, 0) is 6.54 Å². The maximum atomic E-state index is 13.1. The highest BCUT2D eigenvalue weighted by Crippen LogP contribution is 2.44. The number of ketones is 1. The maximum absolute atomic E-state index is 13.1. The smallest absolute Gasteiger partial charge is 0.232 e. The average molecular weight is 392 g/mol. The van der Waals surface area contributed by atoms with Crippen LogP contribution in [0.3, 0.4) is 0 Å². The van der Waals surface area contributed by atoms with Gasteiger partial charge in [-0.1, -0.05) is 52.0 Å². The molecule has 0 fully saturated rings. The first-order valence-electron chi connectivity index (χ1n) is 10.4. The highest BCUT2D eigenvalue weighted by Gasteiger charge is 2.35. The van der Waals surface area contributed by atoms with Crippen molar-refractivity contribution in [2.45, 2.75) is 47.1 Å². The van der Waals surface area contributed by atoms with Crippen molar-refractivity contribution in [1.82, 2.24) is 4.90 Å². The molecule has 2 aromatic rings. The topological polar surface area (TPSA) is 38.8 Å². The van der Waals surface area contributed by atoms with Crippen LogP contribution in [0.2, 0.25) is 0 Å². The Morgan fingerprint density at radius 1 is 1.14 bits per heavy atom. The fraction of sp³-hybridized carbons (Fsp3) is 0.400. The van der Waals surface area contributed by atoms with Gasteiger partial charge in [0.2, 0.25) is 5.78 Å². The van der Waals surface area contributed by atoms with Gasteiger partial charge in [-0.15, -0.1) is 0 Å². The van der Waals surface area contributed by atoms with Crippen LogP contribution in [-0.4, -0.2) is 24.0 Å². The number of benzene rings is 2. The molecule has 0 radical (unpaired) electrons. The van der Waals surface area contributed by atoms with Gasteiger partial charge in [-0.2, -0.15) is 0 Å². The summed E-state index contributed by atoms with van der Waals surface area (Å²) in [5, 5.41) is 0. The largest absolute Gasteiger partial charge is 0.478 e. The van der Waals surface area contributed by atoms with Crippen molar-refractivity contribution in [3.8, 4) is 11.5 Å². The van der Waals surface area contributed by atoms with Crippen LogP contribution in [0.4, 0.5) is 0 Å². The van der Waals surface area contributed by atoms with Crippen molar-refractivity contribution in [3.63, 3.8) is 0 Å². The molecular weight excluding hydrogens is 362 g/mol. The molecule has 0 bridgehead atoms. The van der Waals surface area contributed by atoms with E-state index in [4.69, 9.17) is 9.47 Å². The zero-order valence-corrected chi connectivity index (χ0v) is 17.9. The summed E-state index contributed by atoms with van der Waals surface area (Å²) in [4.78, 5) is 15.3. The van der Waals surface area contributed by atoms with Crippen molar-refractivity contribution in [2.24, 2.45) is 5.92 Å². The molecule has 0 amide bonds. The van der Waals surface area contributed by atoms with Gasteiger partial charge in [-0.25, -0.2) is 0 Å². The fourth-order valence-electron chi connectivity index (χ4n) is 4.04. The molecular formula is C25H29NO3. The van der Waals surface area contributed by atoms with Crippen molar-refractivity contribution in [1.29, 1.82) is 0 Å². The SMILES string of the molecule is Cc1cc2c(c3c1C(=O)/C(=C/c1ccc(C(C)C)cc1)O3)CN(CC(C)C)CO2. The van der Waals surface area contributed by atoms with Crippen LogP contribution in [0.25, 0.3) is 6.08 Å². The molecule has 0 unspecified atom stereocenters. The molecule has 0 atom stereocenters. The van der Waals surface area contributed by atoms with Crippen LogP contribution in [0, 0.1) is 12.8 Å². The molecule has 0 spiro atoms. The molecule has 29 heavy (non-hydrogen) atoms. The summed E-state index contributed by atoms with van der Waals surface area (Å²) in [6.07, 6.45) is 1.84. The Balaban J connectivity index is 1.66. The van der Waals surface area contributed by atoms with E-state index in [0.29, 0.717) is 35.6 Å². The monoisotopic (exact) mass is 391 g/mol. The zero-order valence-electron chi connectivity index (χ0n) is 17.9. The van der Waals surface area contributed by atoms with Gasteiger partial charge in [0.1, 0.15) is 18.2 Å². The Hall–Kier alpha value is -2.59. The second-order valence-electron chi connectivity index (χ2n) is 8.81. The van der Waals surface area contributed by atoms with E-state index in [1.807, 2.05) is 31.2 Å². The highest BCUT2D eigenvalue weighted by molar-refractivity contribution is 6.15. The predicted octanol–water partition coefficient (Wildman–Crippen LogP) is 5.54. The summed E-state index contributed by atoms with van der Waals surface area (Å²) >= 11 is 0. The number of carbonyl (C=O) groups excluding carboxylic acids is 1. The zero-order chi connectivity index (χ0) is 20.7. The molecule has 0 saturated heterocycles. The number of carbonyl (C=O) groups is 1. The van der Waals surface area contributed by atoms with E-state index < -0.39 is 0 Å². The first kappa shape index (κ1) is 19.7. The molecule has 2 aliphatic heterocycles. The van der Waals surface area contributed by atoms with E-state index in [2.05, 4.69) is 44.7 Å². The third-order valence-corrected chi connectivity index (χ3v) is 5.51. The highest BCUT2D eigenvalue weighted by atomic mass is 16.5. The van der Waals surface area contributed by atoms with Gasteiger partial charge in [0.15, 0.2) is 5.76 Å². The van der Waals surface area contributed by atoms with Crippen LogP contribution in [0.1, 0.15) is 66.2 Å². The number of rotatable bonds is 4. The molecule has 0 N–H and O–H groups in total. The fourth-order valence-corrected chi connectivity index (χ4v) is 4.04. The number of aryl methyl sites for hydroxylation is 1. The molecule has 0 saturated carbocycles. The van der Waals surface area contributed by atoms with Crippen LogP contribution in [0.5, 0.6) is 11.5 Å². The van der Waals surface area contributed by atoms with E-state index in [0.717, 1.165) is 35.5 Å². The summed E-state index contributed by atoms with van der Waals surface area (Å²) in [5.74, 6) is 2.86. The minimum Gasteiger partial charge on any atom is -0.478 e. The summed E-state index contributed by atoms with van der Waals surface area (Å²) in [5.41, 5.74) is 4.80. The van der Waals surface area contributed by atoms with Gasteiger partial charge in [0.25, 0.3) is 0 Å². The van der Waals surface area contributed by atoms with E-state index in [1.165, 1.54) is 5.56 Å². The van der Waals surface area contributed by atoms with E-state index in [9.17, 15) is 4.79 Å². The van der Waals surface area contributed by atoms with Crippen LogP contribution in [0.15, 0.2) is 36.1 Å². The predicted molar refractivity (Wildman–Crippen MR) is 115 cm³/mol. The van der Waals surface area contributed by atoms with E-state index in [-0.39, 0.29) is 5.78 Å². The second-order valence-corrected chi connectivity index (χ2v) is 8.81. The first-order valence-corrected chi connectivity index (χ1v) is 10.4. The average Bonchev–Trinajstić information content (AvgIpc) is 2.99. The van der Waals surface area contributed by atoms with Gasteiger partial charge in [0.05, 0.1) is 11.1 Å². The Morgan fingerprint density at radius 2 is 1.86 bits per heavy atom. The molecule has 152 valence electrons.